The molecule has 1 aromatic heterocycles. The minimum Gasteiger partial charge on any atom is -0.327 e. The van der Waals surface area contributed by atoms with Gasteiger partial charge in [-0.2, -0.15) is 0 Å². The van der Waals surface area contributed by atoms with Crippen LogP contribution in [0, 0.1) is 18.3 Å². The van der Waals surface area contributed by atoms with Gasteiger partial charge in [0, 0.05) is 11.4 Å². The third kappa shape index (κ3) is 3.07. The molecule has 2 aliphatic rings. The molecule has 3 heteroatoms. The van der Waals surface area contributed by atoms with Crippen LogP contribution in [0.1, 0.15) is 52.2 Å². The summed E-state index contributed by atoms with van der Waals surface area (Å²) in [5, 5.41) is 0. The van der Waals surface area contributed by atoms with E-state index in [0.717, 1.165) is 24.3 Å². The second kappa shape index (κ2) is 6.01. The largest absolute Gasteiger partial charge is 0.327 e. The predicted octanol–water partition coefficient (Wildman–Crippen LogP) is 3.50. The van der Waals surface area contributed by atoms with Crippen molar-refractivity contribution in [2.45, 2.75) is 44.9 Å². The van der Waals surface area contributed by atoms with Gasteiger partial charge in [-0.3, -0.25) is 4.79 Å². The summed E-state index contributed by atoms with van der Waals surface area (Å²) in [4.78, 5) is 16.8. The predicted molar refractivity (Wildman–Crippen MR) is 83.0 cm³/mol. The molecule has 20 heavy (non-hydrogen) atoms. The number of nitrogens with zero attached hydrogens (tertiary/aromatic N) is 1. The molecule has 0 radical (unpaired) electrons. The summed E-state index contributed by atoms with van der Waals surface area (Å²) in [5.41, 5.74) is 1.41. The van der Waals surface area contributed by atoms with E-state index < -0.39 is 0 Å². The molecule has 1 heterocycles. The van der Waals surface area contributed by atoms with Crippen LogP contribution in [-0.4, -0.2) is 23.9 Å². The number of fused-ring (bicyclic) bond motifs is 1. The van der Waals surface area contributed by atoms with Crippen molar-refractivity contribution in [3.8, 4) is 12.3 Å². The van der Waals surface area contributed by atoms with Gasteiger partial charge in [0.25, 0.3) is 5.91 Å². The van der Waals surface area contributed by atoms with Gasteiger partial charge in [0.05, 0.1) is 11.4 Å². The Balaban J connectivity index is 1.76. The number of carbonyl (C=O) groups is 1. The molecule has 0 atom stereocenters. The van der Waals surface area contributed by atoms with Crippen molar-refractivity contribution in [3.63, 3.8) is 0 Å². The van der Waals surface area contributed by atoms with Crippen LogP contribution >= 0.6 is 11.3 Å². The Bertz CT molecular complexity index is 512. The maximum Gasteiger partial charge on any atom is 0.264 e. The van der Waals surface area contributed by atoms with Gasteiger partial charge in [0.1, 0.15) is 0 Å². The van der Waals surface area contributed by atoms with Gasteiger partial charge in [-0.05, 0) is 56.1 Å². The van der Waals surface area contributed by atoms with E-state index in [9.17, 15) is 4.79 Å². The standard InChI is InChI=1S/C17H21NOS/c1-2-10-18(12-13-8-9-13)17(19)16-11-14-6-4-3-5-7-15(14)20-16/h1,11,13H,3-10,12H2. The van der Waals surface area contributed by atoms with Gasteiger partial charge in [-0.25, -0.2) is 0 Å². The molecular weight excluding hydrogens is 266 g/mol. The van der Waals surface area contributed by atoms with Crippen LogP contribution in [0.4, 0.5) is 0 Å². The molecule has 1 saturated carbocycles. The smallest absolute Gasteiger partial charge is 0.264 e. The highest BCUT2D eigenvalue weighted by atomic mass is 32.1. The third-order valence-electron chi connectivity index (χ3n) is 4.20. The summed E-state index contributed by atoms with van der Waals surface area (Å²) in [5.74, 6) is 3.46. The molecule has 0 bridgehead atoms. The Hall–Kier alpha value is -1.27. The zero-order valence-electron chi connectivity index (χ0n) is 11.9. The molecule has 1 fully saturated rings. The fourth-order valence-corrected chi connectivity index (χ4v) is 4.09. The second-order valence-corrected chi connectivity index (χ2v) is 7.09. The lowest BCUT2D eigenvalue weighted by Crippen LogP contribution is -2.32. The first-order chi connectivity index (χ1) is 9.78. The van der Waals surface area contributed by atoms with Crippen molar-refractivity contribution in [2.24, 2.45) is 5.92 Å². The van der Waals surface area contributed by atoms with E-state index in [-0.39, 0.29) is 5.91 Å². The number of terminal acetylenes is 1. The van der Waals surface area contributed by atoms with Crippen LogP contribution in [0.3, 0.4) is 0 Å². The molecule has 0 spiro atoms. The van der Waals surface area contributed by atoms with Crippen molar-refractivity contribution in [3.05, 3.63) is 21.4 Å². The second-order valence-electron chi connectivity index (χ2n) is 5.95. The van der Waals surface area contributed by atoms with Gasteiger partial charge in [-0.1, -0.05) is 12.3 Å². The Morgan fingerprint density at radius 3 is 2.90 bits per heavy atom. The van der Waals surface area contributed by atoms with Crippen molar-refractivity contribution in [1.29, 1.82) is 0 Å². The quantitative estimate of drug-likeness (QED) is 0.613. The number of hydrogen-bond donors (Lipinski definition) is 0. The highest BCUT2D eigenvalue weighted by Crippen LogP contribution is 2.32. The van der Waals surface area contributed by atoms with Crippen LogP contribution in [0.25, 0.3) is 0 Å². The normalized spacial score (nSPS) is 17.9. The molecule has 3 rings (SSSR count). The Morgan fingerprint density at radius 2 is 2.15 bits per heavy atom. The highest BCUT2D eigenvalue weighted by Gasteiger charge is 2.28. The summed E-state index contributed by atoms with van der Waals surface area (Å²) in [6.45, 7) is 1.28. The monoisotopic (exact) mass is 287 g/mol. The summed E-state index contributed by atoms with van der Waals surface area (Å²) < 4.78 is 0. The summed E-state index contributed by atoms with van der Waals surface area (Å²) >= 11 is 1.70. The first-order valence-electron chi connectivity index (χ1n) is 7.62. The van der Waals surface area contributed by atoms with Crippen LogP contribution in [0.2, 0.25) is 0 Å². The fraction of sp³-hybridized carbons (Fsp3) is 0.588. The lowest BCUT2D eigenvalue weighted by atomic mass is 10.1. The zero-order valence-corrected chi connectivity index (χ0v) is 12.7. The summed E-state index contributed by atoms with van der Waals surface area (Å²) in [6, 6.07) is 2.13. The lowest BCUT2D eigenvalue weighted by molar-refractivity contribution is 0.0774. The van der Waals surface area contributed by atoms with Crippen molar-refractivity contribution in [1.82, 2.24) is 4.90 Å². The van der Waals surface area contributed by atoms with Gasteiger partial charge in [0.15, 0.2) is 0 Å². The van der Waals surface area contributed by atoms with Gasteiger partial charge in [-0.15, -0.1) is 17.8 Å². The Kier molecular flexibility index (Phi) is 4.12. The van der Waals surface area contributed by atoms with Crippen molar-refractivity contribution < 1.29 is 4.79 Å². The number of hydrogen-bond acceptors (Lipinski definition) is 2. The van der Waals surface area contributed by atoms with E-state index in [1.165, 1.54) is 42.5 Å². The highest BCUT2D eigenvalue weighted by molar-refractivity contribution is 7.14. The van der Waals surface area contributed by atoms with Crippen LogP contribution in [0.5, 0.6) is 0 Å². The number of rotatable bonds is 4. The fourth-order valence-electron chi connectivity index (χ4n) is 2.87. The Labute approximate surface area is 125 Å². The van der Waals surface area contributed by atoms with E-state index in [0.29, 0.717) is 12.5 Å². The van der Waals surface area contributed by atoms with Gasteiger partial charge >= 0.3 is 0 Å². The number of amides is 1. The number of thiophene rings is 1. The SMILES string of the molecule is C#CCN(CC1CC1)C(=O)c1cc2c(s1)CCCCC2. The van der Waals surface area contributed by atoms with E-state index in [1.807, 2.05) is 4.90 Å². The summed E-state index contributed by atoms with van der Waals surface area (Å²) in [7, 11) is 0. The van der Waals surface area contributed by atoms with E-state index in [4.69, 9.17) is 6.42 Å². The van der Waals surface area contributed by atoms with E-state index in [1.54, 1.807) is 11.3 Å². The first-order valence-corrected chi connectivity index (χ1v) is 8.44. The molecule has 106 valence electrons. The zero-order chi connectivity index (χ0) is 13.9. The molecule has 0 aromatic carbocycles. The molecule has 1 aromatic rings. The topological polar surface area (TPSA) is 20.3 Å². The molecular formula is C17H21NOS. The molecule has 0 saturated heterocycles. The molecule has 1 amide bonds. The minimum atomic E-state index is 0.146. The van der Waals surface area contributed by atoms with Crippen molar-refractivity contribution in [2.75, 3.05) is 13.1 Å². The lowest BCUT2D eigenvalue weighted by Gasteiger charge is -2.19. The van der Waals surface area contributed by atoms with Crippen LogP contribution in [0.15, 0.2) is 6.07 Å². The molecule has 2 nitrogen and oxygen atoms in total. The number of carbonyl (C=O) groups excluding carboxylic acids is 1. The number of aryl methyl sites for hydroxylation is 2. The first kappa shape index (κ1) is 13.7. The van der Waals surface area contributed by atoms with Crippen LogP contribution < -0.4 is 0 Å². The Morgan fingerprint density at radius 1 is 1.35 bits per heavy atom. The molecule has 0 unspecified atom stereocenters. The molecule has 2 aliphatic carbocycles. The maximum absolute atomic E-state index is 12.6. The maximum atomic E-state index is 12.6. The van der Waals surface area contributed by atoms with Crippen LogP contribution in [-0.2, 0) is 12.8 Å². The van der Waals surface area contributed by atoms with Gasteiger partial charge < -0.3 is 4.90 Å². The molecule has 0 aliphatic heterocycles. The average molecular weight is 287 g/mol. The van der Waals surface area contributed by atoms with E-state index in [2.05, 4.69) is 12.0 Å². The van der Waals surface area contributed by atoms with E-state index >= 15 is 0 Å². The van der Waals surface area contributed by atoms with Crippen molar-refractivity contribution >= 4 is 17.2 Å². The average Bonchev–Trinajstić information content (AvgIpc) is 3.21. The minimum absolute atomic E-state index is 0.146. The molecule has 0 N–H and O–H groups in total. The summed E-state index contributed by atoms with van der Waals surface area (Å²) in [6.07, 6.45) is 14.0. The third-order valence-corrected chi connectivity index (χ3v) is 5.43. The van der Waals surface area contributed by atoms with Gasteiger partial charge in [0.2, 0.25) is 0 Å².